The van der Waals surface area contributed by atoms with Gasteiger partial charge in [-0.3, -0.25) is 0 Å². The number of imidazole rings is 1. The second-order valence-corrected chi connectivity index (χ2v) is 6.56. The van der Waals surface area contributed by atoms with Crippen LogP contribution in [0.5, 0.6) is 0 Å². The van der Waals surface area contributed by atoms with Crippen molar-refractivity contribution in [2.24, 2.45) is 5.92 Å². The van der Waals surface area contributed by atoms with E-state index in [4.69, 9.17) is 15.2 Å². The van der Waals surface area contributed by atoms with Crippen LogP contribution < -0.4 is 5.73 Å². The number of aromatic nitrogens is 4. The van der Waals surface area contributed by atoms with Crippen LogP contribution >= 0.6 is 0 Å². The maximum absolute atomic E-state index is 12.1. The third-order valence-electron chi connectivity index (χ3n) is 4.74. The van der Waals surface area contributed by atoms with E-state index in [-0.39, 0.29) is 18.3 Å². The molecule has 0 unspecified atom stereocenters. The van der Waals surface area contributed by atoms with Crippen molar-refractivity contribution in [3.05, 3.63) is 54.1 Å². The molecule has 0 saturated carbocycles. The maximum Gasteiger partial charge on any atom is 0.338 e. The third kappa shape index (κ3) is 3.00. The van der Waals surface area contributed by atoms with Crippen molar-refractivity contribution in [3.8, 4) is 0 Å². The van der Waals surface area contributed by atoms with Crippen LogP contribution in [0.15, 0.2) is 42.9 Å². The summed E-state index contributed by atoms with van der Waals surface area (Å²) >= 11 is 0. The Bertz CT molecular complexity index is 976. The summed E-state index contributed by atoms with van der Waals surface area (Å²) < 4.78 is 12.6. The number of carbonyl (C=O) groups excluding carboxylic acids is 1. The summed E-state index contributed by atoms with van der Waals surface area (Å²) in [6, 6.07) is 8.72. The summed E-state index contributed by atoms with van der Waals surface area (Å²) in [6.07, 6.45) is 2.81. The Morgan fingerprint density at radius 2 is 2.19 bits per heavy atom. The minimum Gasteiger partial charge on any atom is -0.459 e. The number of hydrogen-bond acceptors (Lipinski definition) is 8. The van der Waals surface area contributed by atoms with Gasteiger partial charge in [0, 0.05) is 5.92 Å². The fourth-order valence-corrected chi connectivity index (χ4v) is 3.29. The number of rotatable bonds is 4. The lowest BCUT2D eigenvalue weighted by Gasteiger charge is -2.26. The van der Waals surface area contributed by atoms with E-state index in [1.165, 1.54) is 17.0 Å². The minimum atomic E-state index is -1.62. The van der Waals surface area contributed by atoms with Gasteiger partial charge in [0.05, 0.1) is 17.9 Å². The Morgan fingerprint density at radius 3 is 2.96 bits per heavy atom. The molecule has 1 saturated heterocycles. The molecular formula is C18H19N5O4. The van der Waals surface area contributed by atoms with E-state index in [0.717, 1.165) is 0 Å². The van der Waals surface area contributed by atoms with Crippen molar-refractivity contribution in [2.75, 3.05) is 12.3 Å². The van der Waals surface area contributed by atoms with Gasteiger partial charge in [-0.15, -0.1) is 0 Å². The normalized spacial score (nSPS) is 25.0. The molecule has 1 aliphatic rings. The monoisotopic (exact) mass is 369 g/mol. The first-order valence-electron chi connectivity index (χ1n) is 8.56. The topological polar surface area (TPSA) is 125 Å². The number of benzene rings is 1. The van der Waals surface area contributed by atoms with Crippen LogP contribution in [0.25, 0.3) is 5.65 Å². The Hall–Kier alpha value is -3.04. The highest BCUT2D eigenvalue weighted by Gasteiger charge is 2.49. The number of anilines is 1. The van der Waals surface area contributed by atoms with Gasteiger partial charge in [0.2, 0.25) is 5.79 Å². The van der Waals surface area contributed by atoms with E-state index in [0.29, 0.717) is 23.3 Å². The van der Waals surface area contributed by atoms with Crippen molar-refractivity contribution in [1.82, 2.24) is 19.6 Å². The lowest BCUT2D eigenvalue weighted by Crippen LogP contribution is -2.33. The number of hydrogen-bond donors (Lipinski definition) is 2. The van der Waals surface area contributed by atoms with Crippen molar-refractivity contribution in [1.29, 1.82) is 0 Å². The summed E-state index contributed by atoms with van der Waals surface area (Å²) in [5.41, 5.74) is 6.96. The van der Waals surface area contributed by atoms with Crippen LogP contribution in [0.4, 0.5) is 5.82 Å². The first-order chi connectivity index (χ1) is 13.0. The zero-order valence-corrected chi connectivity index (χ0v) is 14.6. The van der Waals surface area contributed by atoms with Crippen LogP contribution in [0.3, 0.4) is 0 Å². The summed E-state index contributed by atoms with van der Waals surface area (Å²) in [4.78, 5) is 20.2. The van der Waals surface area contributed by atoms with Gasteiger partial charge in [0.1, 0.15) is 18.6 Å². The zero-order chi connectivity index (χ0) is 19.0. The number of aliphatic hydroxyl groups is 1. The Morgan fingerprint density at radius 1 is 1.41 bits per heavy atom. The summed E-state index contributed by atoms with van der Waals surface area (Å²) in [7, 11) is 0. The molecule has 0 aliphatic carbocycles. The zero-order valence-electron chi connectivity index (χ0n) is 14.6. The van der Waals surface area contributed by atoms with Crippen LogP contribution in [0.1, 0.15) is 29.4 Å². The van der Waals surface area contributed by atoms with E-state index in [1.54, 1.807) is 24.3 Å². The molecule has 9 heteroatoms. The van der Waals surface area contributed by atoms with Gasteiger partial charge >= 0.3 is 5.97 Å². The van der Waals surface area contributed by atoms with Crippen molar-refractivity contribution >= 4 is 17.4 Å². The number of esters is 1. The summed E-state index contributed by atoms with van der Waals surface area (Å²) in [6.45, 7) is 1.89. The number of nitrogens with zero attached hydrogens (tertiary/aromatic N) is 4. The number of nitrogen functional groups attached to an aromatic ring is 1. The third-order valence-corrected chi connectivity index (χ3v) is 4.74. The number of fused-ring (bicyclic) bond motifs is 1. The predicted octanol–water partition coefficient (Wildman–Crippen LogP) is 1.13. The van der Waals surface area contributed by atoms with Gasteiger partial charge in [-0.25, -0.2) is 19.3 Å². The standard InChI is InChI=1S/C18H19N5O4/c1-11-7-13(9-26-17(24)12-5-3-2-4-6-12)27-18(11,25)14-8-20-16-15(19)21-10-22-23(14)16/h2-6,8,10-11,13,25H,7,9H2,1H3,(H2,19,21,22)/t11-,13-,18+/m0/s1. The van der Waals surface area contributed by atoms with Gasteiger partial charge in [0.25, 0.3) is 0 Å². The molecule has 1 aromatic carbocycles. The fourth-order valence-electron chi connectivity index (χ4n) is 3.29. The quantitative estimate of drug-likeness (QED) is 0.656. The molecule has 3 atom stereocenters. The van der Waals surface area contributed by atoms with E-state index < -0.39 is 17.9 Å². The summed E-state index contributed by atoms with van der Waals surface area (Å²) in [5, 5.41) is 15.2. The lowest BCUT2D eigenvalue weighted by atomic mass is 9.96. The van der Waals surface area contributed by atoms with Crippen LogP contribution in [-0.4, -0.2) is 43.4 Å². The Kier molecular flexibility index (Phi) is 4.25. The van der Waals surface area contributed by atoms with E-state index in [1.807, 2.05) is 13.0 Å². The first-order valence-corrected chi connectivity index (χ1v) is 8.56. The van der Waals surface area contributed by atoms with E-state index >= 15 is 0 Å². The van der Waals surface area contributed by atoms with Crippen molar-refractivity contribution in [2.45, 2.75) is 25.2 Å². The Labute approximate surface area is 154 Å². The average molecular weight is 369 g/mol. The van der Waals surface area contributed by atoms with Crippen molar-refractivity contribution in [3.63, 3.8) is 0 Å². The largest absolute Gasteiger partial charge is 0.459 e. The molecule has 140 valence electrons. The smallest absolute Gasteiger partial charge is 0.338 e. The highest BCUT2D eigenvalue weighted by atomic mass is 16.7. The van der Waals surface area contributed by atoms with Crippen LogP contribution in [0, 0.1) is 5.92 Å². The average Bonchev–Trinajstić information content (AvgIpc) is 3.23. The first kappa shape index (κ1) is 17.4. The molecule has 4 rings (SSSR count). The molecule has 0 amide bonds. The highest BCUT2D eigenvalue weighted by molar-refractivity contribution is 5.89. The molecule has 27 heavy (non-hydrogen) atoms. The van der Waals surface area contributed by atoms with E-state index in [2.05, 4.69) is 15.1 Å². The maximum atomic E-state index is 12.1. The second kappa shape index (κ2) is 6.60. The second-order valence-electron chi connectivity index (χ2n) is 6.56. The fraction of sp³-hybridized carbons (Fsp3) is 0.333. The SMILES string of the molecule is C[C@H]1C[C@@H](COC(=O)c2ccccc2)O[C@@]1(O)c1cnc2c(N)ncnn12. The molecule has 1 aliphatic heterocycles. The van der Waals surface area contributed by atoms with Gasteiger partial charge in [0.15, 0.2) is 11.5 Å². The molecule has 0 spiro atoms. The van der Waals surface area contributed by atoms with Gasteiger partial charge < -0.3 is 20.3 Å². The molecule has 3 N–H and O–H groups in total. The molecule has 0 bridgehead atoms. The lowest BCUT2D eigenvalue weighted by molar-refractivity contribution is -0.226. The highest BCUT2D eigenvalue weighted by Crippen LogP contribution is 2.42. The van der Waals surface area contributed by atoms with Gasteiger partial charge in [-0.05, 0) is 18.6 Å². The molecule has 3 aromatic rings. The predicted molar refractivity (Wildman–Crippen MR) is 94.5 cm³/mol. The van der Waals surface area contributed by atoms with E-state index in [9.17, 15) is 9.90 Å². The van der Waals surface area contributed by atoms with Crippen LogP contribution in [-0.2, 0) is 15.3 Å². The number of nitrogens with two attached hydrogens (primary N) is 1. The van der Waals surface area contributed by atoms with Gasteiger partial charge in [-0.1, -0.05) is 25.1 Å². The summed E-state index contributed by atoms with van der Waals surface area (Å²) in [5.74, 6) is -2.12. The number of ether oxygens (including phenoxy) is 2. The number of carbonyl (C=O) groups is 1. The molecule has 3 heterocycles. The molecular weight excluding hydrogens is 350 g/mol. The molecule has 2 aromatic heterocycles. The van der Waals surface area contributed by atoms with Crippen molar-refractivity contribution < 1.29 is 19.4 Å². The minimum absolute atomic E-state index is 0.0359. The molecule has 9 nitrogen and oxygen atoms in total. The van der Waals surface area contributed by atoms with Gasteiger partial charge in [-0.2, -0.15) is 5.10 Å². The molecule has 0 radical (unpaired) electrons. The molecule has 1 fully saturated rings. The Balaban J connectivity index is 1.50. The van der Waals surface area contributed by atoms with Crippen LogP contribution in [0.2, 0.25) is 0 Å².